The number of fused-ring (bicyclic) bond motifs is 2. The number of esters is 1. The van der Waals surface area contributed by atoms with E-state index < -0.39 is 11.2 Å². The molecule has 0 heterocycles. The van der Waals surface area contributed by atoms with Gasteiger partial charge in [0.2, 0.25) is 0 Å². The van der Waals surface area contributed by atoms with Crippen LogP contribution in [0.4, 0.5) is 0 Å². The maximum absolute atomic E-state index is 12.5. The molecule has 0 saturated heterocycles. The summed E-state index contributed by atoms with van der Waals surface area (Å²) in [5, 5.41) is 0. The number of hydrogen-bond acceptors (Lipinski definition) is 4. The predicted molar refractivity (Wildman–Crippen MR) is 116 cm³/mol. The molecule has 0 amide bonds. The van der Waals surface area contributed by atoms with Crippen molar-refractivity contribution in [3.05, 3.63) is 12.2 Å². The van der Waals surface area contributed by atoms with Crippen LogP contribution >= 0.6 is 0 Å². The fourth-order valence-corrected chi connectivity index (χ4v) is 5.00. The third-order valence-electron chi connectivity index (χ3n) is 7.37. The molecule has 3 atom stereocenters. The van der Waals surface area contributed by atoms with Crippen molar-refractivity contribution < 1.29 is 19.3 Å². The zero-order valence-electron chi connectivity index (χ0n) is 20.0. The molecule has 0 radical (unpaired) electrons. The molecule has 4 nitrogen and oxygen atoms in total. The highest BCUT2D eigenvalue weighted by Gasteiger charge is 2.70. The average Bonchev–Trinajstić information content (AvgIpc) is 2.91. The standard InChI is InChI=1S/C25H40O4/c1-11-13-21(4,5)28-29-22(6,7)15-16-25(27-20(26)18(2)3)17-19-12-14-24(25,10)23(19,8)9/h19H,2,11-14,17H2,1,3-10H3/t19-,24-,25+/m1/s1. The van der Waals surface area contributed by atoms with Crippen LogP contribution in [-0.2, 0) is 19.3 Å². The first-order chi connectivity index (χ1) is 13.1. The first kappa shape index (κ1) is 24.0. The molecule has 0 aromatic heterocycles. The summed E-state index contributed by atoms with van der Waals surface area (Å²) in [5.41, 5.74) is -1.82. The van der Waals surface area contributed by atoms with Crippen molar-refractivity contribution in [3.8, 4) is 11.8 Å². The van der Waals surface area contributed by atoms with Gasteiger partial charge in [0.25, 0.3) is 0 Å². The molecule has 0 unspecified atom stereocenters. The van der Waals surface area contributed by atoms with Gasteiger partial charge in [-0.2, -0.15) is 0 Å². The molecular formula is C25H40O4. The Kier molecular flexibility index (Phi) is 6.40. The fourth-order valence-electron chi connectivity index (χ4n) is 5.00. The Labute approximate surface area is 177 Å². The molecule has 0 aromatic rings. The van der Waals surface area contributed by atoms with Gasteiger partial charge in [0, 0.05) is 17.4 Å². The zero-order valence-corrected chi connectivity index (χ0v) is 20.0. The van der Waals surface area contributed by atoms with E-state index in [2.05, 4.69) is 46.1 Å². The summed E-state index contributed by atoms with van der Waals surface area (Å²) in [4.78, 5) is 24.0. The number of rotatable bonds is 7. The molecule has 0 aliphatic heterocycles. The summed E-state index contributed by atoms with van der Waals surface area (Å²) < 4.78 is 6.10. The lowest BCUT2D eigenvalue weighted by Gasteiger charge is -2.44. The van der Waals surface area contributed by atoms with Crippen LogP contribution in [0.1, 0.15) is 94.4 Å². The molecule has 2 rings (SSSR count). The molecule has 2 bridgehead atoms. The first-order valence-corrected chi connectivity index (χ1v) is 10.9. The summed E-state index contributed by atoms with van der Waals surface area (Å²) in [5.74, 6) is 6.73. The highest BCUT2D eigenvalue weighted by molar-refractivity contribution is 5.87. The minimum Gasteiger partial charge on any atom is -0.442 e. The van der Waals surface area contributed by atoms with E-state index in [1.165, 1.54) is 0 Å². The molecule has 4 heteroatoms. The van der Waals surface area contributed by atoms with E-state index in [0.29, 0.717) is 11.5 Å². The second-order valence-electron chi connectivity index (χ2n) is 10.9. The molecule has 0 N–H and O–H groups in total. The monoisotopic (exact) mass is 404 g/mol. The van der Waals surface area contributed by atoms with E-state index in [9.17, 15) is 4.79 Å². The number of carbonyl (C=O) groups excluding carboxylic acids is 1. The smallest absolute Gasteiger partial charge is 0.334 e. The Balaban J connectivity index is 2.34. The number of carbonyl (C=O) groups is 1. The predicted octanol–water partition coefficient (Wildman–Crippen LogP) is 6.00. The van der Waals surface area contributed by atoms with Crippen molar-refractivity contribution in [1.82, 2.24) is 0 Å². The summed E-state index contributed by atoms with van der Waals surface area (Å²) in [6, 6.07) is 0. The van der Waals surface area contributed by atoms with Crippen molar-refractivity contribution in [1.29, 1.82) is 0 Å². The quantitative estimate of drug-likeness (QED) is 0.172. The van der Waals surface area contributed by atoms with Gasteiger partial charge in [0.05, 0.1) is 5.60 Å². The second kappa shape index (κ2) is 7.75. The Hall–Kier alpha value is -1.31. The number of hydrogen-bond donors (Lipinski definition) is 0. The summed E-state index contributed by atoms with van der Waals surface area (Å²) in [7, 11) is 0. The maximum atomic E-state index is 12.5. The van der Waals surface area contributed by atoms with E-state index in [0.717, 1.165) is 32.1 Å². The Morgan fingerprint density at radius 1 is 1.17 bits per heavy atom. The van der Waals surface area contributed by atoms with E-state index >= 15 is 0 Å². The third-order valence-corrected chi connectivity index (χ3v) is 7.37. The van der Waals surface area contributed by atoms with Crippen molar-refractivity contribution in [2.75, 3.05) is 0 Å². The molecule has 2 saturated carbocycles. The van der Waals surface area contributed by atoms with Crippen LogP contribution < -0.4 is 0 Å². The van der Waals surface area contributed by atoms with Crippen molar-refractivity contribution >= 4 is 5.97 Å². The molecule has 0 spiro atoms. The van der Waals surface area contributed by atoms with Gasteiger partial charge in [-0.1, -0.05) is 52.5 Å². The summed E-state index contributed by atoms with van der Waals surface area (Å²) in [6.07, 6.45) is 4.79. The van der Waals surface area contributed by atoms with Crippen molar-refractivity contribution in [2.24, 2.45) is 16.7 Å². The van der Waals surface area contributed by atoms with Crippen molar-refractivity contribution in [3.63, 3.8) is 0 Å². The molecule has 164 valence electrons. The van der Waals surface area contributed by atoms with Gasteiger partial charge < -0.3 is 4.74 Å². The van der Waals surface area contributed by atoms with Crippen LogP contribution in [0.25, 0.3) is 0 Å². The van der Waals surface area contributed by atoms with Gasteiger partial charge in [0.15, 0.2) is 11.2 Å². The largest absolute Gasteiger partial charge is 0.442 e. The van der Waals surface area contributed by atoms with Crippen LogP contribution in [0.3, 0.4) is 0 Å². The lowest BCUT2D eigenvalue weighted by molar-refractivity contribution is -0.389. The van der Waals surface area contributed by atoms with Crippen LogP contribution in [0.5, 0.6) is 0 Å². The van der Waals surface area contributed by atoms with Crippen LogP contribution in [0.15, 0.2) is 12.2 Å². The van der Waals surface area contributed by atoms with E-state index in [1.54, 1.807) is 6.92 Å². The minimum absolute atomic E-state index is 0.0433. The van der Waals surface area contributed by atoms with E-state index in [1.807, 2.05) is 27.7 Å². The van der Waals surface area contributed by atoms with Crippen LogP contribution in [0.2, 0.25) is 0 Å². The highest BCUT2D eigenvalue weighted by Crippen LogP contribution is 2.70. The van der Waals surface area contributed by atoms with Gasteiger partial charge in [-0.3, -0.25) is 0 Å². The molecular weight excluding hydrogens is 364 g/mol. The van der Waals surface area contributed by atoms with Gasteiger partial charge >= 0.3 is 5.97 Å². The van der Waals surface area contributed by atoms with Crippen molar-refractivity contribution in [2.45, 2.75) is 111 Å². The second-order valence-corrected chi connectivity index (χ2v) is 10.9. The van der Waals surface area contributed by atoms with Crippen LogP contribution in [-0.4, -0.2) is 22.8 Å². The zero-order chi connectivity index (χ0) is 22.3. The SMILES string of the molecule is C=C(C)C(=O)O[C@@]1(C#CC(C)(C)OOC(C)(C)CCC)C[C@H]2CC[C@]1(C)C2(C)C. The summed E-state index contributed by atoms with van der Waals surface area (Å²) in [6.45, 7) is 22.1. The average molecular weight is 405 g/mol. The lowest BCUT2D eigenvalue weighted by atomic mass is 9.64. The van der Waals surface area contributed by atoms with E-state index in [-0.39, 0.29) is 22.4 Å². The molecule has 29 heavy (non-hydrogen) atoms. The van der Waals surface area contributed by atoms with E-state index in [4.69, 9.17) is 14.5 Å². The topological polar surface area (TPSA) is 44.8 Å². The third kappa shape index (κ3) is 4.42. The molecule has 2 aliphatic rings. The van der Waals surface area contributed by atoms with Gasteiger partial charge in [-0.05, 0) is 65.2 Å². The lowest BCUT2D eigenvalue weighted by Crippen LogP contribution is -2.50. The minimum atomic E-state index is -0.838. The normalized spacial score (nSPS) is 30.6. The maximum Gasteiger partial charge on any atom is 0.334 e. The molecule has 0 aromatic carbocycles. The number of ether oxygens (including phenoxy) is 1. The van der Waals surface area contributed by atoms with Gasteiger partial charge in [-0.25, -0.2) is 14.6 Å². The van der Waals surface area contributed by atoms with Crippen LogP contribution in [0, 0.1) is 28.6 Å². The Bertz CT molecular complexity index is 721. The first-order valence-electron chi connectivity index (χ1n) is 10.9. The molecule has 2 aliphatic carbocycles. The van der Waals surface area contributed by atoms with Gasteiger partial charge in [0.1, 0.15) is 0 Å². The Morgan fingerprint density at radius 3 is 2.24 bits per heavy atom. The summed E-state index contributed by atoms with van der Waals surface area (Å²) >= 11 is 0. The van der Waals surface area contributed by atoms with Gasteiger partial charge in [-0.15, -0.1) is 0 Å². The Morgan fingerprint density at radius 2 is 1.79 bits per heavy atom. The molecule has 2 fully saturated rings. The highest BCUT2D eigenvalue weighted by atomic mass is 17.2. The fraction of sp³-hybridized carbons (Fsp3) is 0.800.